The molecule has 1 saturated heterocycles. The van der Waals surface area contributed by atoms with Gasteiger partial charge in [-0.3, -0.25) is 15.1 Å². The molecule has 7 heteroatoms. The lowest BCUT2D eigenvalue weighted by Gasteiger charge is -2.39. The second-order valence-corrected chi connectivity index (χ2v) is 9.00. The van der Waals surface area contributed by atoms with Crippen molar-refractivity contribution in [2.75, 3.05) is 31.1 Å². The van der Waals surface area contributed by atoms with Gasteiger partial charge in [0, 0.05) is 38.3 Å². The molecule has 1 saturated carbocycles. The predicted molar refractivity (Wildman–Crippen MR) is 121 cm³/mol. The number of halogens is 1. The zero-order chi connectivity index (χ0) is 21.3. The number of amides is 1. The fraction of sp³-hybridized carbons (Fsp3) is 0.417. The van der Waals surface area contributed by atoms with Crippen molar-refractivity contribution in [3.63, 3.8) is 0 Å². The van der Waals surface area contributed by atoms with Gasteiger partial charge in [0.25, 0.3) is 0 Å². The van der Waals surface area contributed by atoms with Crippen molar-refractivity contribution in [2.24, 2.45) is 5.92 Å². The average Bonchev–Trinajstić information content (AvgIpc) is 3.24. The summed E-state index contributed by atoms with van der Waals surface area (Å²) in [5, 5.41) is 0.660. The van der Waals surface area contributed by atoms with Gasteiger partial charge in [-0.1, -0.05) is 41.9 Å². The van der Waals surface area contributed by atoms with E-state index >= 15 is 0 Å². The van der Waals surface area contributed by atoms with Crippen molar-refractivity contribution in [1.29, 1.82) is 0 Å². The van der Waals surface area contributed by atoms with Gasteiger partial charge in [-0.15, -0.1) is 0 Å². The Morgan fingerprint density at radius 3 is 2.52 bits per heavy atom. The Hall–Kier alpha value is -2.57. The molecule has 3 heterocycles. The van der Waals surface area contributed by atoms with E-state index in [9.17, 15) is 4.79 Å². The monoisotopic (exact) mass is 438 g/mol. The smallest absolute Gasteiger partial charge is 0.225 e. The predicted octanol–water partition coefficient (Wildman–Crippen LogP) is 3.89. The highest BCUT2D eigenvalue weighted by Gasteiger charge is 2.42. The van der Waals surface area contributed by atoms with Gasteiger partial charge in [-0.2, -0.15) is 0 Å². The molecule has 6 nitrogen and oxygen atoms in total. The molecule has 31 heavy (non-hydrogen) atoms. The Bertz CT molecular complexity index is 965. The summed E-state index contributed by atoms with van der Waals surface area (Å²) in [5.41, 5.74) is 4.97. The molecule has 1 aromatic carbocycles. The van der Waals surface area contributed by atoms with Crippen LogP contribution >= 0.6 is 11.6 Å². The maximum Gasteiger partial charge on any atom is 0.225 e. The summed E-state index contributed by atoms with van der Waals surface area (Å²) in [6, 6.07) is 13.9. The van der Waals surface area contributed by atoms with E-state index in [2.05, 4.69) is 33.6 Å². The summed E-state index contributed by atoms with van der Waals surface area (Å²) in [7, 11) is 0. The van der Waals surface area contributed by atoms with E-state index in [-0.39, 0.29) is 17.4 Å². The highest BCUT2D eigenvalue weighted by molar-refractivity contribution is 6.32. The SMILES string of the molecule is O=C(C1CCC2(C=C(c3ccccc3)NO2)CC1)N1CCN(c2ncccc2Cl)CC1. The number of carbonyl (C=O) groups excluding carboxylic acids is 1. The largest absolute Gasteiger partial charge is 0.352 e. The molecule has 0 atom stereocenters. The molecule has 1 spiro atoms. The molecule has 0 radical (unpaired) electrons. The molecular formula is C24H27ClN4O2. The number of pyridine rings is 1. The first kappa shape index (κ1) is 20.3. The van der Waals surface area contributed by atoms with Crippen LogP contribution in [0.25, 0.3) is 5.70 Å². The van der Waals surface area contributed by atoms with Gasteiger partial charge in [-0.25, -0.2) is 4.98 Å². The van der Waals surface area contributed by atoms with E-state index in [1.54, 1.807) is 6.20 Å². The zero-order valence-electron chi connectivity index (χ0n) is 17.5. The second-order valence-electron chi connectivity index (χ2n) is 8.59. The molecule has 1 N–H and O–H groups in total. The molecular weight excluding hydrogens is 412 g/mol. The summed E-state index contributed by atoms with van der Waals surface area (Å²) in [6.45, 7) is 2.94. The first-order chi connectivity index (χ1) is 15.1. The number of hydrogen-bond donors (Lipinski definition) is 1. The van der Waals surface area contributed by atoms with Crippen LogP contribution in [0, 0.1) is 5.92 Å². The van der Waals surface area contributed by atoms with Crippen LogP contribution in [-0.4, -0.2) is 47.6 Å². The lowest BCUT2D eigenvalue weighted by Crippen LogP contribution is -2.51. The number of benzene rings is 1. The number of aromatic nitrogens is 1. The van der Waals surface area contributed by atoms with Crippen LogP contribution in [-0.2, 0) is 9.63 Å². The molecule has 2 aromatic rings. The minimum Gasteiger partial charge on any atom is -0.352 e. The number of hydroxylamine groups is 1. The number of rotatable bonds is 3. The van der Waals surface area contributed by atoms with E-state index in [0.29, 0.717) is 18.1 Å². The molecule has 162 valence electrons. The number of piperazine rings is 1. The van der Waals surface area contributed by atoms with Crippen molar-refractivity contribution in [2.45, 2.75) is 31.3 Å². The Kier molecular flexibility index (Phi) is 5.59. The van der Waals surface area contributed by atoms with E-state index in [0.717, 1.165) is 55.9 Å². The maximum absolute atomic E-state index is 13.1. The van der Waals surface area contributed by atoms with Crippen molar-refractivity contribution >= 4 is 29.0 Å². The molecule has 1 aliphatic carbocycles. The molecule has 1 aromatic heterocycles. The van der Waals surface area contributed by atoms with Crippen LogP contribution in [0.1, 0.15) is 31.2 Å². The van der Waals surface area contributed by atoms with E-state index in [4.69, 9.17) is 16.4 Å². The van der Waals surface area contributed by atoms with Gasteiger partial charge in [0.15, 0.2) is 0 Å². The third kappa shape index (κ3) is 4.14. The van der Waals surface area contributed by atoms with Crippen LogP contribution in [0.4, 0.5) is 5.82 Å². The van der Waals surface area contributed by atoms with Gasteiger partial charge in [0.05, 0.1) is 10.7 Å². The minimum atomic E-state index is -0.295. The third-order valence-electron chi connectivity index (χ3n) is 6.67. The molecule has 5 rings (SSSR count). The van der Waals surface area contributed by atoms with Crippen molar-refractivity contribution < 1.29 is 9.63 Å². The normalized spacial score (nSPS) is 26.0. The third-order valence-corrected chi connectivity index (χ3v) is 6.96. The summed E-state index contributed by atoms with van der Waals surface area (Å²) < 4.78 is 0. The standard InChI is InChI=1S/C24H27ClN4O2/c25-20-7-4-12-26-22(20)28-13-15-29(16-14-28)23(30)19-8-10-24(11-9-19)17-21(27-31-24)18-5-2-1-3-6-18/h1-7,12,17,19,27H,8-11,13-16H2. The minimum absolute atomic E-state index is 0.0772. The van der Waals surface area contributed by atoms with Crippen LogP contribution in [0.5, 0.6) is 0 Å². The first-order valence-corrected chi connectivity index (χ1v) is 11.4. The highest BCUT2D eigenvalue weighted by atomic mass is 35.5. The maximum atomic E-state index is 13.1. The fourth-order valence-corrected chi connectivity index (χ4v) is 5.09. The number of anilines is 1. The lowest BCUT2D eigenvalue weighted by atomic mass is 9.78. The van der Waals surface area contributed by atoms with Crippen LogP contribution < -0.4 is 10.4 Å². The van der Waals surface area contributed by atoms with Crippen molar-refractivity contribution in [3.05, 3.63) is 65.3 Å². The van der Waals surface area contributed by atoms with E-state index < -0.39 is 0 Å². The van der Waals surface area contributed by atoms with Crippen LogP contribution in [0.2, 0.25) is 5.02 Å². The van der Waals surface area contributed by atoms with E-state index in [1.165, 1.54) is 0 Å². The summed E-state index contributed by atoms with van der Waals surface area (Å²) in [5.74, 6) is 1.16. The van der Waals surface area contributed by atoms with Gasteiger partial charge in [0.2, 0.25) is 5.91 Å². The number of nitrogens with zero attached hydrogens (tertiary/aromatic N) is 3. The summed E-state index contributed by atoms with van der Waals surface area (Å²) in [6.07, 6.45) is 7.38. The second kappa shape index (κ2) is 8.52. The zero-order valence-corrected chi connectivity index (χ0v) is 18.2. The molecule has 2 aliphatic heterocycles. The molecule has 2 fully saturated rings. The lowest BCUT2D eigenvalue weighted by molar-refractivity contribution is -0.139. The van der Waals surface area contributed by atoms with Gasteiger partial charge in [0.1, 0.15) is 11.4 Å². The van der Waals surface area contributed by atoms with Crippen molar-refractivity contribution in [1.82, 2.24) is 15.4 Å². The Balaban J connectivity index is 1.16. The Morgan fingerprint density at radius 1 is 1.06 bits per heavy atom. The quantitative estimate of drug-likeness (QED) is 0.787. The fourth-order valence-electron chi connectivity index (χ4n) is 4.85. The number of carbonyl (C=O) groups is 1. The van der Waals surface area contributed by atoms with Gasteiger partial charge < -0.3 is 9.80 Å². The number of nitrogens with one attached hydrogen (secondary N) is 1. The number of hydrogen-bond acceptors (Lipinski definition) is 5. The Labute approximate surface area is 187 Å². The Morgan fingerprint density at radius 2 is 1.81 bits per heavy atom. The molecule has 3 aliphatic rings. The first-order valence-electron chi connectivity index (χ1n) is 11.0. The topological polar surface area (TPSA) is 57.7 Å². The van der Waals surface area contributed by atoms with Crippen LogP contribution in [0.3, 0.4) is 0 Å². The average molecular weight is 439 g/mol. The van der Waals surface area contributed by atoms with Crippen LogP contribution in [0.15, 0.2) is 54.7 Å². The molecule has 1 amide bonds. The van der Waals surface area contributed by atoms with Gasteiger partial charge in [-0.05, 0) is 49.5 Å². The van der Waals surface area contributed by atoms with E-state index in [1.807, 2.05) is 35.2 Å². The molecule has 0 bridgehead atoms. The van der Waals surface area contributed by atoms with Gasteiger partial charge >= 0.3 is 0 Å². The summed E-state index contributed by atoms with van der Waals surface area (Å²) in [4.78, 5) is 27.7. The summed E-state index contributed by atoms with van der Waals surface area (Å²) >= 11 is 6.28. The van der Waals surface area contributed by atoms with Crippen molar-refractivity contribution in [3.8, 4) is 0 Å². The molecule has 0 unspecified atom stereocenters. The highest BCUT2D eigenvalue weighted by Crippen LogP contribution is 2.40.